The molecular weight excluding hydrogens is 426 g/mol. The predicted molar refractivity (Wildman–Crippen MR) is 127 cm³/mol. The van der Waals surface area contributed by atoms with Gasteiger partial charge < -0.3 is 20.4 Å². The largest absolute Gasteiger partial charge is 0.495 e. The molecule has 2 aliphatic rings. The number of ether oxygens (including phenoxy) is 1. The highest BCUT2D eigenvalue weighted by atomic mass is 35.5. The molecule has 1 atom stereocenters. The summed E-state index contributed by atoms with van der Waals surface area (Å²) in [6.07, 6.45) is 5.40. The van der Waals surface area contributed by atoms with Crippen molar-refractivity contribution in [3.05, 3.63) is 45.4 Å². The first-order valence-electron chi connectivity index (χ1n) is 10.8. The number of aromatic amines is 1. The lowest BCUT2D eigenvalue weighted by atomic mass is 10.0. The molecule has 0 spiro atoms. The summed E-state index contributed by atoms with van der Waals surface area (Å²) in [5.41, 5.74) is 9.05. The van der Waals surface area contributed by atoms with Crippen molar-refractivity contribution in [2.75, 3.05) is 40.3 Å². The summed E-state index contributed by atoms with van der Waals surface area (Å²) in [5.74, 6) is 0.0935. The highest BCUT2D eigenvalue weighted by molar-refractivity contribution is 6.32. The number of nitrogens with two attached hydrogens (primary N) is 1. The van der Waals surface area contributed by atoms with Crippen LogP contribution in [0.1, 0.15) is 16.8 Å². The van der Waals surface area contributed by atoms with E-state index in [1.807, 2.05) is 6.07 Å². The van der Waals surface area contributed by atoms with E-state index in [1.54, 1.807) is 25.3 Å². The molecule has 0 saturated carbocycles. The van der Waals surface area contributed by atoms with E-state index in [0.717, 1.165) is 54.2 Å². The Morgan fingerprint density at radius 2 is 2.03 bits per heavy atom. The van der Waals surface area contributed by atoms with Gasteiger partial charge in [0.25, 0.3) is 5.91 Å². The summed E-state index contributed by atoms with van der Waals surface area (Å²) >= 11 is 6.32. The van der Waals surface area contributed by atoms with E-state index in [0.29, 0.717) is 33.6 Å². The van der Waals surface area contributed by atoms with E-state index >= 15 is 0 Å². The van der Waals surface area contributed by atoms with E-state index in [4.69, 9.17) is 27.1 Å². The summed E-state index contributed by atoms with van der Waals surface area (Å²) in [4.78, 5) is 25.5. The number of primary amides is 1. The van der Waals surface area contributed by atoms with Crippen molar-refractivity contribution in [2.45, 2.75) is 12.5 Å². The Balaban J connectivity index is 1.62. The fourth-order valence-corrected chi connectivity index (χ4v) is 4.87. The fourth-order valence-electron chi connectivity index (χ4n) is 4.61. The Kier molecular flexibility index (Phi) is 5.41. The van der Waals surface area contributed by atoms with Gasteiger partial charge in [-0.25, -0.2) is 4.98 Å². The normalized spacial score (nSPS) is 19.3. The number of nitrogens with one attached hydrogen (secondary N) is 1. The number of nitrogens with zero attached hydrogens (tertiary/aromatic N) is 3. The van der Waals surface area contributed by atoms with Gasteiger partial charge in [0.05, 0.1) is 34.4 Å². The summed E-state index contributed by atoms with van der Waals surface area (Å²) in [6, 6.07) is 7.52. The molecule has 166 valence electrons. The van der Waals surface area contributed by atoms with Crippen LogP contribution in [0.5, 0.6) is 5.75 Å². The van der Waals surface area contributed by atoms with Gasteiger partial charge in [-0.3, -0.25) is 9.69 Å². The number of fused-ring (bicyclic) bond motifs is 3. The van der Waals surface area contributed by atoms with Crippen molar-refractivity contribution >= 4 is 40.7 Å². The zero-order valence-corrected chi connectivity index (χ0v) is 18.9. The number of carbonyl (C=O) groups excluding carboxylic acids is 1. The van der Waals surface area contributed by atoms with Crippen molar-refractivity contribution in [2.24, 2.45) is 5.73 Å². The molecule has 5 rings (SSSR count). The van der Waals surface area contributed by atoms with E-state index in [-0.39, 0.29) is 0 Å². The van der Waals surface area contributed by atoms with E-state index in [2.05, 4.69) is 34.0 Å². The minimum absolute atomic E-state index is 0.334. The third-order valence-electron chi connectivity index (χ3n) is 6.47. The number of benzene rings is 1. The lowest BCUT2D eigenvalue weighted by molar-refractivity contribution is 0.100. The van der Waals surface area contributed by atoms with Gasteiger partial charge >= 0.3 is 0 Å². The van der Waals surface area contributed by atoms with Gasteiger partial charge in [-0.05, 0) is 43.8 Å². The minimum Gasteiger partial charge on any atom is -0.495 e. The highest BCUT2D eigenvalue weighted by Crippen LogP contribution is 2.30. The molecule has 0 radical (unpaired) electrons. The van der Waals surface area contributed by atoms with Crippen LogP contribution in [0.15, 0.2) is 24.3 Å². The summed E-state index contributed by atoms with van der Waals surface area (Å²) in [5, 5.41) is 2.50. The fraction of sp³-hybridized carbons (Fsp3) is 0.333. The summed E-state index contributed by atoms with van der Waals surface area (Å²) in [7, 11) is 3.73. The van der Waals surface area contributed by atoms with Crippen LogP contribution in [0.25, 0.3) is 34.4 Å². The first-order valence-corrected chi connectivity index (χ1v) is 11.1. The molecule has 0 bridgehead atoms. The maximum Gasteiger partial charge on any atom is 0.250 e. The number of halogens is 1. The Morgan fingerprint density at radius 3 is 2.72 bits per heavy atom. The number of hydrogen-bond donors (Lipinski definition) is 2. The van der Waals surface area contributed by atoms with Gasteiger partial charge in [-0.1, -0.05) is 17.7 Å². The molecule has 1 saturated heterocycles. The van der Waals surface area contributed by atoms with Crippen LogP contribution >= 0.6 is 11.6 Å². The Morgan fingerprint density at radius 1 is 1.25 bits per heavy atom. The predicted octanol–water partition coefficient (Wildman–Crippen LogP) is 1.57. The van der Waals surface area contributed by atoms with Crippen LogP contribution in [0.3, 0.4) is 0 Å². The molecule has 1 aliphatic carbocycles. The van der Waals surface area contributed by atoms with Crippen molar-refractivity contribution in [3.8, 4) is 17.0 Å². The smallest absolute Gasteiger partial charge is 0.250 e. The van der Waals surface area contributed by atoms with Gasteiger partial charge in [-0.15, -0.1) is 0 Å². The number of likely N-dealkylation sites (N-methyl/N-ethyl adjacent to an activating group) is 1. The Hall–Kier alpha value is -2.87. The van der Waals surface area contributed by atoms with Crippen molar-refractivity contribution < 1.29 is 9.53 Å². The maximum absolute atomic E-state index is 12.3. The average Bonchev–Trinajstić information content (AvgIpc) is 3.16. The number of rotatable bonds is 4. The van der Waals surface area contributed by atoms with Crippen LogP contribution in [0, 0.1) is 0 Å². The summed E-state index contributed by atoms with van der Waals surface area (Å²) < 4.78 is 5.25. The third kappa shape index (κ3) is 3.66. The van der Waals surface area contributed by atoms with Crippen molar-refractivity contribution in [1.29, 1.82) is 0 Å². The summed E-state index contributed by atoms with van der Waals surface area (Å²) in [6.45, 7) is 4.25. The van der Waals surface area contributed by atoms with Gasteiger partial charge in [0, 0.05) is 48.4 Å². The molecule has 8 heteroatoms. The molecule has 3 heterocycles. The molecule has 1 unspecified atom stereocenters. The first-order chi connectivity index (χ1) is 15.4. The maximum atomic E-state index is 12.3. The molecule has 1 aromatic carbocycles. The van der Waals surface area contributed by atoms with Gasteiger partial charge in [0.2, 0.25) is 0 Å². The van der Waals surface area contributed by atoms with Crippen molar-refractivity contribution in [1.82, 2.24) is 19.8 Å². The van der Waals surface area contributed by atoms with Crippen LogP contribution in [-0.4, -0.2) is 72.1 Å². The average molecular weight is 452 g/mol. The number of pyridine rings is 1. The lowest BCUT2D eigenvalue weighted by Crippen LogP contribution is -2.49. The van der Waals surface area contributed by atoms with E-state index < -0.39 is 5.91 Å². The van der Waals surface area contributed by atoms with Gasteiger partial charge in [0.1, 0.15) is 5.75 Å². The molecule has 2 aromatic heterocycles. The number of methoxy groups -OCH3 is 1. The van der Waals surface area contributed by atoms with E-state index in [9.17, 15) is 4.79 Å². The van der Waals surface area contributed by atoms with Crippen LogP contribution in [0.2, 0.25) is 5.02 Å². The second-order valence-corrected chi connectivity index (χ2v) is 8.86. The van der Waals surface area contributed by atoms with Gasteiger partial charge in [-0.2, -0.15) is 0 Å². The first kappa shape index (κ1) is 21.0. The molecule has 1 fully saturated rings. The van der Waals surface area contributed by atoms with E-state index in [1.165, 1.54) is 0 Å². The second kappa shape index (κ2) is 8.24. The topological polar surface area (TPSA) is 87.5 Å². The minimum atomic E-state index is -0.493. The Labute approximate surface area is 191 Å². The number of carbonyl (C=O) groups is 1. The lowest BCUT2D eigenvalue weighted by Gasteiger charge is -2.36. The SMILES string of the molecule is COc1ccc(-c2cc(C(N)=O)c3[nH]c4c(c3n2)=CCC(N2CCN(C)CC2)C=4)cc1Cl. The zero-order valence-electron chi connectivity index (χ0n) is 18.2. The molecule has 32 heavy (non-hydrogen) atoms. The van der Waals surface area contributed by atoms with Crippen LogP contribution in [-0.2, 0) is 0 Å². The molecular formula is C24H26ClN5O2. The number of hydrogen-bond acceptors (Lipinski definition) is 5. The number of aromatic nitrogens is 2. The quantitative estimate of drug-likeness (QED) is 0.628. The molecule has 3 aromatic rings. The second-order valence-electron chi connectivity index (χ2n) is 8.46. The van der Waals surface area contributed by atoms with Crippen LogP contribution < -0.4 is 21.0 Å². The van der Waals surface area contributed by atoms with Gasteiger partial charge in [0.15, 0.2) is 0 Å². The molecule has 3 N–H and O–H groups in total. The number of amides is 1. The number of H-pyrrole nitrogens is 1. The molecule has 1 aliphatic heterocycles. The zero-order chi connectivity index (χ0) is 22.4. The number of piperazine rings is 1. The molecule has 1 amide bonds. The monoisotopic (exact) mass is 451 g/mol. The molecule has 7 nitrogen and oxygen atoms in total. The third-order valence-corrected chi connectivity index (χ3v) is 6.76. The van der Waals surface area contributed by atoms with Crippen molar-refractivity contribution in [3.63, 3.8) is 0 Å². The Bertz CT molecular complexity index is 1320. The highest BCUT2D eigenvalue weighted by Gasteiger charge is 2.23. The van der Waals surface area contributed by atoms with Crippen LogP contribution in [0.4, 0.5) is 0 Å². The standard InChI is InChI=1S/C24H26ClN5O2/c1-29-7-9-30(10-8-29)15-4-5-16-20(12-15)28-23-17(24(26)31)13-19(27-22(16)23)14-3-6-21(32-2)18(25)11-14/h3,5-6,11-13,15,28H,4,7-10H2,1-2H3,(H2,26,31).